The van der Waals surface area contributed by atoms with Gasteiger partial charge in [-0.15, -0.1) is 0 Å². The third-order valence-electron chi connectivity index (χ3n) is 3.67. The maximum atomic E-state index is 12.3. The number of furan rings is 1. The molecule has 0 unspecified atom stereocenters. The Labute approximate surface area is 124 Å². The molecule has 1 amide bonds. The lowest BCUT2D eigenvalue weighted by molar-refractivity contribution is 0.102. The van der Waals surface area contributed by atoms with E-state index in [4.69, 9.17) is 4.42 Å². The van der Waals surface area contributed by atoms with Crippen LogP contribution >= 0.6 is 0 Å². The standard InChI is InChI=1S/C17H20N2O2/c1-2-16-15(8-9-21-16)17(20)19-14-5-3-4-12(10-14)11-18-13-6-7-13/h3-5,8-10,13,18H,2,6-7,11H2,1H3,(H,19,20). The maximum Gasteiger partial charge on any atom is 0.259 e. The smallest absolute Gasteiger partial charge is 0.259 e. The molecule has 21 heavy (non-hydrogen) atoms. The van der Waals surface area contributed by atoms with Crippen molar-refractivity contribution in [2.45, 2.75) is 38.8 Å². The highest BCUT2D eigenvalue weighted by molar-refractivity contribution is 6.04. The van der Waals surface area contributed by atoms with E-state index < -0.39 is 0 Å². The van der Waals surface area contributed by atoms with E-state index >= 15 is 0 Å². The van der Waals surface area contributed by atoms with Gasteiger partial charge in [0.25, 0.3) is 5.91 Å². The molecule has 0 atom stereocenters. The summed E-state index contributed by atoms with van der Waals surface area (Å²) in [5, 5.41) is 6.41. The van der Waals surface area contributed by atoms with Crippen LogP contribution in [0.4, 0.5) is 5.69 Å². The number of aryl methyl sites for hydroxylation is 1. The summed E-state index contributed by atoms with van der Waals surface area (Å²) in [4.78, 5) is 12.3. The molecule has 0 radical (unpaired) electrons. The third kappa shape index (κ3) is 3.52. The molecular formula is C17H20N2O2. The van der Waals surface area contributed by atoms with Gasteiger partial charge in [-0.1, -0.05) is 19.1 Å². The number of rotatable bonds is 6. The molecule has 1 aliphatic carbocycles. The maximum absolute atomic E-state index is 12.3. The van der Waals surface area contributed by atoms with Gasteiger partial charge in [-0.05, 0) is 36.6 Å². The normalized spacial score (nSPS) is 14.1. The summed E-state index contributed by atoms with van der Waals surface area (Å²) in [5.74, 6) is 0.604. The van der Waals surface area contributed by atoms with E-state index in [9.17, 15) is 4.79 Å². The fraction of sp³-hybridized carbons (Fsp3) is 0.353. The minimum atomic E-state index is -0.118. The number of nitrogens with one attached hydrogen (secondary N) is 2. The van der Waals surface area contributed by atoms with E-state index in [-0.39, 0.29) is 5.91 Å². The Morgan fingerprint density at radius 1 is 1.33 bits per heavy atom. The molecule has 0 aliphatic heterocycles. The van der Waals surface area contributed by atoms with E-state index in [0.717, 1.165) is 18.0 Å². The lowest BCUT2D eigenvalue weighted by atomic mass is 10.1. The predicted molar refractivity (Wildman–Crippen MR) is 82.3 cm³/mol. The van der Waals surface area contributed by atoms with Crippen molar-refractivity contribution in [1.82, 2.24) is 5.32 Å². The zero-order chi connectivity index (χ0) is 14.7. The number of anilines is 1. The SMILES string of the molecule is CCc1occc1C(=O)Nc1cccc(CNC2CC2)c1. The number of benzene rings is 1. The van der Waals surface area contributed by atoms with Crippen molar-refractivity contribution in [3.05, 3.63) is 53.5 Å². The van der Waals surface area contributed by atoms with Crippen LogP contribution in [0.5, 0.6) is 0 Å². The molecule has 1 heterocycles. The quantitative estimate of drug-likeness (QED) is 0.855. The largest absolute Gasteiger partial charge is 0.469 e. The van der Waals surface area contributed by atoms with E-state index in [1.165, 1.54) is 18.4 Å². The molecule has 2 aromatic rings. The van der Waals surface area contributed by atoms with Gasteiger partial charge in [0.05, 0.1) is 11.8 Å². The summed E-state index contributed by atoms with van der Waals surface area (Å²) in [6.07, 6.45) is 4.82. The Morgan fingerprint density at radius 2 is 2.19 bits per heavy atom. The van der Waals surface area contributed by atoms with Crippen molar-refractivity contribution in [2.75, 3.05) is 5.32 Å². The minimum Gasteiger partial charge on any atom is -0.469 e. The Kier molecular flexibility index (Phi) is 4.06. The summed E-state index contributed by atoms with van der Waals surface area (Å²) in [7, 11) is 0. The molecule has 4 nitrogen and oxygen atoms in total. The molecule has 0 spiro atoms. The molecule has 1 saturated carbocycles. The molecule has 4 heteroatoms. The number of hydrogen-bond donors (Lipinski definition) is 2. The van der Waals surface area contributed by atoms with E-state index in [1.807, 2.05) is 25.1 Å². The molecule has 1 fully saturated rings. The van der Waals surface area contributed by atoms with Crippen LogP contribution in [-0.4, -0.2) is 11.9 Å². The number of hydrogen-bond acceptors (Lipinski definition) is 3. The lowest BCUT2D eigenvalue weighted by Crippen LogP contribution is -2.16. The fourth-order valence-electron chi connectivity index (χ4n) is 2.32. The zero-order valence-corrected chi connectivity index (χ0v) is 12.2. The van der Waals surface area contributed by atoms with Crippen molar-refractivity contribution in [1.29, 1.82) is 0 Å². The van der Waals surface area contributed by atoms with Crippen molar-refractivity contribution in [3.63, 3.8) is 0 Å². The van der Waals surface area contributed by atoms with Gasteiger partial charge in [0.15, 0.2) is 0 Å². The first kappa shape index (κ1) is 13.9. The predicted octanol–water partition coefficient (Wildman–Crippen LogP) is 3.35. The Balaban J connectivity index is 1.66. The highest BCUT2D eigenvalue weighted by Gasteiger charge is 2.20. The second-order valence-electron chi connectivity index (χ2n) is 5.42. The van der Waals surface area contributed by atoms with Crippen LogP contribution in [0.1, 0.15) is 41.4 Å². The van der Waals surface area contributed by atoms with Crippen LogP contribution in [0.25, 0.3) is 0 Å². The van der Waals surface area contributed by atoms with Crippen molar-refractivity contribution in [2.24, 2.45) is 0 Å². The molecule has 0 saturated heterocycles. The van der Waals surface area contributed by atoms with Gasteiger partial charge >= 0.3 is 0 Å². The van der Waals surface area contributed by atoms with Crippen LogP contribution in [-0.2, 0) is 13.0 Å². The van der Waals surface area contributed by atoms with Crippen LogP contribution in [0.2, 0.25) is 0 Å². The average Bonchev–Trinajstić information content (AvgIpc) is 3.20. The molecule has 1 aromatic heterocycles. The highest BCUT2D eigenvalue weighted by Crippen LogP contribution is 2.20. The van der Waals surface area contributed by atoms with E-state index in [0.29, 0.717) is 18.0 Å². The first-order chi connectivity index (χ1) is 10.3. The van der Waals surface area contributed by atoms with Crippen molar-refractivity contribution >= 4 is 11.6 Å². The van der Waals surface area contributed by atoms with E-state index in [2.05, 4.69) is 16.7 Å². The zero-order valence-electron chi connectivity index (χ0n) is 12.2. The topological polar surface area (TPSA) is 54.3 Å². The number of carbonyl (C=O) groups is 1. The molecule has 1 aliphatic rings. The van der Waals surface area contributed by atoms with Gasteiger partial charge in [0.1, 0.15) is 5.76 Å². The second kappa shape index (κ2) is 6.14. The first-order valence-corrected chi connectivity index (χ1v) is 7.46. The lowest BCUT2D eigenvalue weighted by Gasteiger charge is -2.08. The van der Waals surface area contributed by atoms with Crippen molar-refractivity contribution in [3.8, 4) is 0 Å². The molecule has 110 valence electrons. The fourth-order valence-corrected chi connectivity index (χ4v) is 2.32. The number of carbonyl (C=O) groups excluding carboxylic acids is 1. The van der Waals surface area contributed by atoms with Crippen LogP contribution in [0.15, 0.2) is 41.0 Å². The minimum absolute atomic E-state index is 0.118. The summed E-state index contributed by atoms with van der Waals surface area (Å²) < 4.78 is 5.30. The Hall–Kier alpha value is -2.07. The van der Waals surface area contributed by atoms with Crippen molar-refractivity contribution < 1.29 is 9.21 Å². The van der Waals surface area contributed by atoms with Gasteiger partial charge in [-0.3, -0.25) is 4.79 Å². The van der Waals surface area contributed by atoms with Crippen LogP contribution in [0, 0.1) is 0 Å². The molecular weight excluding hydrogens is 264 g/mol. The van der Waals surface area contributed by atoms with Gasteiger partial charge < -0.3 is 15.1 Å². The van der Waals surface area contributed by atoms with Gasteiger partial charge in [-0.25, -0.2) is 0 Å². The highest BCUT2D eigenvalue weighted by atomic mass is 16.3. The molecule has 3 rings (SSSR count). The molecule has 2 N–H and O–H groups in total. The third-order valence-corrected chi connectivity index (χ3v) is 3.67. The van der Waals surface area contributed by atoms with Crippen LogP contribution in [0.3, 0.4) is 0 Å². The van der Waals surface area contributed by atoms with Gasteiger partial charge in [-0.2, -0.15) is 0 Å². The summed E-state index contributed by atoms with van der Waals surface area (Å²) in [5.41, 5.74) is 2.61. The van der Waals surface area contributed by atoms with Gasteiger partial charge in [0.2, 0.25) is 0 Å². The molecule has 0 bridgehead atoms. The van der Waals surface area contributed by atoms with Crippen LogP contribution < -0.4 is 10.6 Å². The summed E-state index contributed by atoms with van der Waals surface area (Å²) >= 11 is 0. The Morgan fingerprint density at radius 3 is 2.95 bits per heavy atom. The monoisotopic (exact) mass is 284 g/mol. The Bertz CT molecular complexity index is 629. The number of amides is 1. The summed E-state index contributed by atoms with van der Waals surface area (Å²) in [6.45, 7) is 2.82. The summed E-state index contributed by atoms with van der Waals surface area (Å²) in [6, 6.07) is 10.4. The molecule has 1 aromatic carbocycles. The first-order valence-electron chi connectivity index (χ1n) is 7.46. The van der Waals surface area contributed by atoms with E-state index in [1.54, 1.807) is 12.3 Å². The second-order valence-corrected chi connectivity index (χ2v) is 5.42. The average molecular weight is 284 g/mol. The van der Waals surface area contributed by atoms with Gasteiger partial charge in [0, 0.05) is 24.7 Å².